The van der Waals surface area contributed by atoms with Gasteiger partial charge in [-0.25, -0.2) is 13.4 Å². The van der Waals surface area contributed by atoms with Gasteiger partial charge < -0.3 is 5.32 Å². The highest BCUT2D eigenvalue weighted by atomic mass is 35.5. The van der Waals surface area contributed by atoms with Crippen LogP contribution in [0, 0.1) is 0 Å². The minimum absolute atomic E-state index is 0.0380. The number of halogens is 3. The van der Waals surface area contributed by atoms with Crippen LogP contribution in [0.4, 0.5) is 5.69 Å². The van der Waals surface area contributed by atoms with E-state index in [1.165, 1.54) is 18.2 Å². The molecule has 0 bridgehead atoms. The molecule has 26 heavy (non-hydrogen) atoms. The van der Waals surface area contributed by atoms with Crippen molar-refractivity contribution in [2.24, 2.45) is 0 Å². The quantitative estimate of drug-likeness (QED) is 0.663. The first-order valence-electron chi connectivity index (χ1n) is 7.60. The largest absolute Gasteiger partial charge is 0.324 e. The number of pyridine rings is 1. The average molecular weight is 437 g/mol. The van der Waals surface area contributed by atoms with Gasteiger partial charge in [0.25, 0.3) is 0 Å². The SMILES string of the molecule is CCCN(CC(=O)Nc1cc(Cl)ccc1Cl)S(=O)(=O)c1ccc(Cl)nc1. The Bertz CT molecular complexity index is 889. The molecular formula is C16H16Cl3N3O3S. The van der Waals surface area contributed by atoms with Crippen molar-refractivity contribution in [1.29, 1.82) is 0 Å². The summed E-state index contributed by atoms with van der Waals surface area (Å²) in [5.41, 5.74) is 0.311. The maximum atomic E-state index is 12.8. The Balaban J connectivity index is 2.20. The van der Waals surface area contributed by atoms with E-state index in [2.05, 4.69) is 10.3 Å². The number of nitrogens with zero attached hydrogens (tertiary/aromatic N) is 2. The number of nitrogens with one attached hydrogen (secondary N) is 1. The van der Waals surface area contributed by atoms with Crippen LogP contribution in [-0.2, 0) is 14.8 Å². The molecule has 2 rings (SSSR count). The predicted octanol–water partition coefficient (Wildman–Crippen LogP) is 4.08. The van der Waals surface area contributed by atoms with Gasteiger partial charge in [-0.15, -0.1) is 0 Å². The summed E-state index contributed by atoms with van der Waals surface area (Å²) in [6.07, 6.45) is 1.69. The molecule has 0 aliphatic heterocycles. The van der Waals surface area contributed by atoms with Crippen LogP contribution in [0.1, 0.15) is 13.3 Å². The second-order valence-corrected chi connectivity index (χ2v) is 8.50. The number of aromatic nitrogens is 1. The normalized spacial score (nSPS) is 11.6. The van der Waals surface area contributed by atoms with Gasteiger partial charge in [0.15, 0.2) is 0 Å². The third-order valence-corrected chi connectivity index (χ3v) is 5.95. The molecule has 0 saturated carbocycles. The van der Waals surface area contributed by atoms with Gasteiger partial charge in [-0.1, -0.05) is 41.7 Å². The van der Waals surface area contributed by atoms with Crippen molar-refractivity contribution in [2.45, 2.75) is 18.2 Å². The lowest BCUT2D eigenvalue weighted by atomic mass is 10.3. The van der Waals surface area contributed by atoms with E-state index in [0.717, 1.165) is 10.5 Å². The second-order valence-electron chi connectivity index (χ2n) is 5.33. The first-order valence-corrected chi connectivity index (χ1v) is 10.2. The monoisotopic (exact) mass is 435 g/mol. The molecule has 1 N–H and O–H groups in total. The summed E-state index contributed by atoms with van der Waals surface area (Å²) in [6, 6.07) is 7.34. The van der Waals surface area contributed by atoms with Crippen LogP contribution < -0.4 is 5.32 Å². The third kappa shape index (κ3) is 5.31. The van der Waals surface area contributed by atoms with Crippen LogP contribution in [0.15, 0.2) is 41.4 Å². The zero-order valence-corrected chi connectivity index (χ0v) is 16.8. The van der Waals surface area contributed by atoms with Crippen molar-refractivity contribution < 1.29 is 13.2 Å². The van der Waals surface area contributed by atoms with Crippen molar-refractivity contribution in [1.82, 2.24) is 9.29 Å². The number of hydrogen-bond donors (Lipinski definition) is 1. The van der Waals surface area contributed by atoms with Gasteiger partial charge in [-0.2, -0.15) is 4.31 Å². The Kier molecular flexibility index (Phi) is 7.25. The Morgan fingerprint density at radius 2 is 1.92 bits per heavy atom. The molecule has 0 aliphatic carbocycles. The number of rotatable bonds is 7. The molecule has 0 radical (unpaired) electrons. The Labute approximate surface area is 167 Å². The lowest BCUT2D eigenvalue weighted by Crippen LogP contribution is -2.38. The number of benzene rings is 1. The molecule has 1 amide bonds. The number of amides is 1. The molecule has 140 valence electrons. The minimum Gasteiger partial charge on any atom is -0.324 e. The summed E-state index contributed by atoms with van der Waals surface area (Å²) >= 11 is 17.6. The van der Waals surface area contributed by atoms with Gasteiger partial charge in [0.1, 0.15) is 10.0 Å². The Morgan fingerprint density at radius 1 is 1.19 bits per heavy atom. The van der Waals surface area contributed by atoms with E-state index in [0.29, 0.717) is 22.2 Å². The number of hydrogen-bond acceptors (Lipinski definition) is 4. The first-order chi connectivity index (χ1) is 12.2. The molecule has 0 spiro atoms. The molecule has 10 heteroatoms. The van der Waals surface area contributed by atoms with Crippen LogP contribution in [-0.4, -0.2) is 36.7 Å². The first kappa shape index (κ1) is 20.9. The maximum Gasteiger partial charge on any atom is 0.245 e. The van der Waals surface area contributed by atoms with Gasteiger partial charge in [-0.3, -0.25) is 4.79 Å². The lowest BCUT2D eigenvalue weighted by molar-refractivity contribution is -0.116. The molecule has 0 fully saturated rings. The summed E-state index contributed by atoms with van der Waals surface area (Å²) in [5.74, 6) is -0.534. The van der Waals surface area contributed by atoms with Crippen molar-refractivity contribution in [3.8, 4) is 0 Å². The fourth-order valence-corrected chi connectivity index (χ4v) is 4.02. The molecule has 1 heterocycles. The molecule has 1 aromatic heterocycles. The molecule has 0 unspecified atom stereocenters. The minimum atomic E-state index is -3.89. The van der Waals surface area contributed by atoms with Gasteiger partial charge in [0, 0.05) is 17.8 Å². The molecule has 1 aromatic carbocycles. The van der Waals surface area contributed by atoms with E-state index in [9.17, 15) is 13.2 Å². The van der Waals surface area contributed by atoms with Gasteiger partial charge in [-0.05, 0) is 36.8 Å². The van der Waals surface area contributed by atoms with E-state index in [1.807, 2.05) is 6.92 Å². The van der Waals surface area contributed by atoms with E-state index >= 15 is 0 Å². The molecule has 6 nitrogen and oxygen atoms in total. The summed E-state index contributed by atoms with van der Waals surface area (Å²) < 4.78 is 26.6. The Hall–Kier alpha value is -1.38. The number of anilines is 1. The highest BCUT2D eigenvalue weighted by Gasteiger charge is 2.26. The Morgan fingerprint density at radius 3 is 2.54 bits per heavy atom. The van der Waals surface area contributed by atoms with E-state index < -0.39 is 15.9 Å². The standard InChI is InChI=1S/C16H16Cl3N3O3S/c1-2-7-22(26(24,25)12-4-6-15(19)20-9-12)10-16(23)21-14-8-11(17)3-5-13(14)18/h3-6,8-9H,2,7,10H2,1H3,(H,21,23). The van der Waals surface area contributed by atoms with Crippen molar-refractivity contribution >= 4 is 56.4 Å². The third-order valence-electron chi connectivity index (χ3n) is 3.33. The average Bonchev–Trinajstić information content (AvgIpc) is 2.58. The van der Waals surface area contributed by atoms with Gasteiger partial charge >= 0.3 is 0 Å². The smallest absolute Gasteiger partial charge is 0.245 e. The molecular weight excluding hydrogens is 421 g/mol. The van der Waals surface area contributed by atoms with E-state index in [-0.39, 0.29) is 23.1 Å². The van der Waals surface area contributed by atoms with Crippen LogP contribution in [0.2, 0.25) is 15.2 Å². The fourth-order valence-electron chi connectivity index (χ4n) is 2.14. The van der Waals surface area contributed by atoms with Crippen molar-refractivity contribution in [2.75, 3.05) is 18.4 Å². The number of carbonyl (C=O) groups excluding carboxylic acids is 1. The van der Waals surface area contributed by atoms with Crippen LogP contribution >= 0.6 is 34.8 Å². The molecule has 0 saturated heterocycles. The topological polar surface area (TPSA) is 79.4 Å². The fraction of sp³-hybridized carbons (Fsp3) is 0.250. The number of carbonyl (C=O) groups is 1. The van der Waals surface area contributed by atoms with E-state index in [1.54, 1.807) is 12.1 Å². The zero-order valence-electron chi connectivity index (χ0n) is 13.7. The van der Waals surface area contributed by atoms with E-state index in [4.69, 9.17) is 34.8 Å². The van der Waals surface area contributed by atoms with Crippen LogP contribution in [0.3, 0.4) is 0 Å². The second kappa shape index (κ2) is 9.01. The summed E-state index contributed by atoms with van der Waals surface area (Å²) in [5, 5.41) is 3.45. The maximum absolute atomic E-state index is 12.8. The van der Waals surface area contributed by atoms with Gasteiger partial charge in [0.05, 0.1) is 17.3 Å². The molecule has 2 aromatic rings. The molecule has 0 aliphatic rings. The predicted molar refractivity (Wildman–Crippen MR) is 103 cm³/mol. The van der Waals surface area contributed by atoms with Crippen molar-refractivity contribution in [3.63, 3.8) is 0 Å². The highest BCUT2D eigenvalue weighted by molar-refractivity contribution is 7.89. The van der Waals surface area contributed by atoms with Gasteiger partial charge in [0.2, 0.25) is 15.9 Å². The van der Waals surface area contributed by atoms with Crippen molar-refractivity contribution in [3.05, 3.63) is 51.7 Å². The summed E-state index contributed by atoms with van der Waals surface area (Å²) in [4.78, 5) is 16.1. The zero-order chi connectivity index (χ0) is 19.3. The van der Waals surface area contributed by atoms with Crippen LogP contribution in [0.5, 0.6) is 0 Å². The number of sulfonamides is 1. The highest BCUT2D eigenvalue weighted by Crippen LogP contribution is 2.25. The molecule has 0 atom stereocenters. The summed E-state index contributed by atoms with van der Waals surface area (Å²) in [7, 11) is -3.89. The lowest BCUT2D eigenvalue weighted by Gasteiger charge is -2.21. The van der Waals surface area contributed by atoms with Crippen LogP contribution in [0.25, 0.3) is 0 Å². The summed E-state index contributed by atoms with van der Waals surface area (Å²) in [6.45, 7) is 1.61.